The van der Waals surface area contributed by atoms with Gasteiger partial charge in [0.25, 0.3) is 0 Å². The first kappa shape index (κ1) is 13.7. The van der Waals surface area contributed by atoms with Gasteiger partial charge >= 0.3 is 6.18 Å². The fraction of sp³-hybridized carbons (Fsp3) is 0.273. The Morgan fingerprint density at radius 2 is 1.95 bits per heavy atom. The number of aromatic nitrogens is 3. The average Bonchev–Trinajstić information content (AvgIpc) is 2.67. The zero-order valence-electron chi connectivity index (χ0n) is 9.98. The number of nitrogens with zero attached hydrogens (tertiary/aromatic N) is 3. The summed E-state index contributed by atoms with van der Waals surface area (Å²) in [6, 6.07) is 5.48. The highest BCUT2D eigenvalue weighted by atomic mass is 32.2. The molecule has 1 aromatic carbocycles. The van der Waals surface area contributed by atoms with Crippen LogP contribution in [0, 0.1) is 0 Å². The van der Waals surface area contributed by atoms with Crippen molar-refractivity contribution < 1.29 is 13.2 Å². The number of nitrogen functional groups attached to an aromatic ring is 1. The van der Waals surface area contributed by atoms with E-state index >= 15 is 0 Å². The molecule has 0 bridgehead atoms. The molecular weight excluding hydrogens is 277 g/mol. The van der Waals surface area contributed by atoms with Crippen molar-refractivity contribution in [2.75, 3.05) is 5.73 Å². The van der Waals surface area contributed by atoms with Crippen LogP contribution in [0.25, 0.3) is 0 Å². The van der Waals surface area contributed by atoms with Gasteiger partial charge in [0.1, 0.15) is 0 Å². The van der Waals surface area contributed by atoms with E-state index in [0.29, 0.717) is 5.16 Å². The minimum absolute atomic E-state index is 0.154. The van der Waals surface area contributed by atoms with E-state index in [1.54, 1.807) is 13.1 Å². The number of halogens is 3. The molecule has 0 saturated heterocycles. The third-order valence-corrected chi connectivity index (χ3v) is 3.62. The molecule has 0 saturated carbocycles. The normalized spacial score (nSPS) is 11.8. The van der Waals surface area contributed by atoms with Crippen LogP contribution in [0.1, 0.15) is 11.1 Å². The molecule has 0 fully saturated rings. The molecule has 2 N–H and O–H groups in total. The van der Waals surface area contributed by atoms with E-state index in [2.05, 4.69) is 10.2 Å². The number of alkyl halides is 3. The summed E-state index contributed by atoms with van der Waals surface area (Å²) in [7, 11) is 1.66. The van der Waals surface area contributed by atoms with Gasteiger partial charge in [-0.25, -0.2) is 0 Å². The van der Waals surface area contributed by atoms with Gasteiger partial charge in [0.15, 0.2) is 5.16 Å². The molecular formula is C11H11F3N4S. The molecule has 0 aliphatic carbocycles. The minimum Gasteiger partial charge on any atom is -0.368 e. The van der Waals surface area contributed by atoms with Crippen LogP contribution in [0.2, 0.25) is 0 Å². The van der Waals surface area contributed by atoms with Gasteiger partial charge in [-0.05, 0) is 11.6 Å². The van der Waals surface area contributed by atoms with Crippen molar-refractivity contribution in [3.63, 3.8) is 0 Å². The first-order valence-electron chi connectivity index (χ1n) is 5.32. The average molecular weight is 288 g/mol. The Kier molecular flexibility index (Phi) is 3.70. The highest BCUT2D eigenvalue weighted by Crippen LogP contribution is 2.34. The molecule has 102 valence electrons. The van der Waals surface area contributed by atoms with Gasteiger partial charge in [-0.15, -0.1) is 10.2 Å². The molecule has 2 aromatic rings. The topological polar surface area (TPSA) is 56.7 Å². The fourth-order valence-corrected chi connectivity index (χ4v) is 2.44. The summed E-state index contributed by atoms with van der Waals surface area (Å²) in [4.78, 5) is 0. The quantitative estimate of drug-likeness (QED) is 0.882. The third kappa shape index (κ3) is 3.01. The van der Waals surface area contributed by atoms with Gasteiger partial charge in [0.2, 0.25) is 5.95 Å². The Morgan fingerprint density at radius 1 is 1.26 bits per heavy atom. The minimum atomic E-state index is -4.35. The number of nitrogens with two attached hydrogens (primary N) is 1. The molecule has 8 heteroatoms. The summed E-state index contributed by atoms with van der Waals surface area (Å²) in [5.74, 6) is 0.383. The van der Waals surface area contributed by atoms with Crippen molar-refractivity contribution in [2.45, 2.75) is 17.1 Å². The highest BCUT2D eigenvalue weighted by molar-refractivity contribution is 7.98. The molecule has 0 radical (unpaired) electrons. The lowest BCUT2D eigenvalue weighted by Gasteiger charge is -2.11. The predicted octanol–water partition coefficient (Wildman–Crippen LogP) is 2.71. The van der Waals surface area contributed by atoms with Gasteiger partial charge in [0, 0.05) is 12.8 Å². The van der Waals surface area contributed by atoms with Crippen LogP contribution in [0.4, 0.5) is 19.1 Å². The van der Waals surface area contributed by atoms with E-state index in [1.807, 2.05) is 0 Å². The molecule has 0 aliphatic rings. The molecule has 0 unspecified atom stereocenters. The summed E-state index contributed by atoms with van der Waals surface area (Å²) in [6.07, 6.45) is -4.35. The molecule has 0 spiro atoms. The number of rotatable bonds is 3. The second-order valence-corrected chi connectivity index (χ2v) is 4.79. The Labute approximate surface area is 111 Å². The van der Waals surface area contributed by atoms with Crippen LogP contribution < -0.4 is 5.73 Å². The highest BCUT2D eigenvalue weighted by Gasteiger charge is 2.32. The van der Waals surface area contributed by atoms with Crippen LogP contribution in [-0.4, -0.2) is 14.8 Å². The number of benzene rings is 1. The van der Waals surface area contributed by atoms with E-state index in [9.17, 15) is 13.2 Å². The van der Waals surface area contributed by atoms with Crippen molar-refractivity contribution in [3.8, 4) is 0 Å². The van der Waals surface area contributed by atoms with E-state index in [0.717, 1.165) is 17.8 Å². The summed E-state index contributed by atoms with van der Waals surface area (Å²) >= 11 is 1.16. The maximum absolute atomic E-state index is 12.8. The fourth-order valence-electron chi connectivity index (χ4n) is 1.52. The standard InChI is InChI=1S/C11H11F3N4S/c1-18-9(15)16-17-10(18)19-6-7-4-2-3-5-8(7)11(12,13)14/h2-5H,6H2,1H3,(H2,15,16). The van der Waals surface area contributed by atoms with Crippen LogP contribution >= 0.6 is 11.8 Å². The third-order valence-electron chi connectivity index (χ3n) is 2.55. The zero-order valence-corrected chi connectivity index (χ0v) is 10.8. The lowest BCUT2D eigenvalue weighted by molar-refractivity contribution is -0.138. The van der Waals surface area contributed by atoms with Gasteiger partial charge < -0.3 is 5.73 Å². The second-order valence-electron chi connectivity index (χ2n) is 3.84. The summed E-state index contributed by atoms with van der Waals surface area (Å²) in [6.45, 7) is 0. The lowest BCUT2D eigenvalue weighted by atomic mass is 10.1. The van der Waals surface area contributed by atoms with E-state index in [4.69, 9.17) is 5.73 Å². The first-order valence-corrected chi connectivity index (χ1v) is 6.31. The van der Waals surface area contributed by atoms with Gasteiger partial charge in [-0.3, -0.25) is 4.57 Å². The SMILES string of the molecule is Cn1c(N)nnc1SCc1ccccc1C(F)(F)F. The van der Waals surface area contributed by atoms with E-state index in [-0.39, 0.29) is 17.3 Å². The van der Waals surface area contributed by atoms with Crippen molar-refractivity contribution in [1.82, 2.24) is 14.8 Å². The van der Waals surface area contributed by atoms with E-state index in [1.165, 1.54) is 16.7 Å². The smallest absolute Gasteiger partial charge is 0.368 e. The molecule has 0 atom stereocenters. The number of hydrogen-bond acceptors (Lipinski definition) is 4. The number of thioether (sulfide) groups is 1. The molecule has 1 aromatic heterocycles. The molecule has 4 nitrogen and oxygen atoms in total. The maximum atomic E-state index is 12.8. The lowest BCUT2D eigenvalue weighted by Crippen LogP contribution is -2.08. The number of hydrogen-bond donors (Lipinski definition) is 1. The van der Waals surface area contributed by atoms with Crippen molar-refractivity contribution in [2.24, 2.45) is 7.05 Å². The van der Waals surface area contributed by atoms with E-state index < -0.39 is 11.7 Å². The van der Waals surface area contributed by atoms with Crippen LogP contribution in [0.5, 0.6) is 0 Å². The molecule has 2 rings (SSSR count). The van der Waals surface area contributed by atoms with Gasteiger partial charge in [-0.1, -0.05) is 30.0 Å². The van der Waals surface area contributed by atoms with Crippen LogP contribution in [-0.2, 0) is 19.0 Å². The summed E-state index contributed by atoms with van der Waals surface area (Å²) in [5, 5.41) is 7.92. The Balaban J connectivity index is 2.19. The summed E-state index contributed by atoms with van der Waals surface area (Å²) in [5.41, 5.74) is 5.09. The predicted molar refractivity (Wildman–Crippen MR) is 66.4 cm³/mol. The second kappa shape index (κ2) is 5.12. The van der Waals surface area contributed by atoms with Gasteiger partial charge in [0.05, 0.1) is 5.56 Å². The summed E-state index contributed by atoms with van der Waals surface area (Å²) < 4.78 is 39.9. The van der Waals surface area contributed by atoms with Crippen LogP contribution in [0.3, 0.4) is 0 Å². The van der Waals surface area contributed by atoms with Crippen molar-refractivity contribution in [1.29, 1.82) is 0 Å². The molecule has 0 amide bonds. The molecule has 0 aliphatic heterocycles. The zero-order chi connectivity index (χ0) is 14.0. The largest absolute Gasteiger partial charge is 0.416 e. The van der Waals surface area contributed by atoms with Crippen molar-refractivity contribution >= 4 is 17.7 Å². The maximum Gasteiger partial charge on any atom is 0.416 e. The number of anilines is 1. The monoisotopic (exact) mass is 288 g/mol. The molecule has 1 heterocycles. The molecule has 19 heavy (non-hydrogen) atoms. The Morgan fingerprint density at radius 3 is 2.53 bits per heavy atom. The van der Waals surface area contributed by atoms with Gasteiger partial charge in [-0.2, -0.15) is 13.2 Å². The van der Waals surface area contributed by atoms with Crippen LogP contribution in [0.15, 0.2) is 29.4 Å². The Bertz CT molecular complexity index is 580. The Hall–Kier alpha value is -1.70. The first-order chi connectivity index (χ1) is 8.89. The van der Waals surface area contributed by atoms with Crippen molar-refractivity contribution in [3.05, 3.63) is 35.4 Å².